The lowest BCUT2D eigenvalue weighted by molar-refractivity contribution is -0.0625. The fourth-order valence-corrected chi connectivity index (χ4v) is 2.50. The molecule has 0 amide bonds. The van der Waals surface area contributed by atoms with Crippen LogP contribution in [0.3, 0.4) is 0 Å². The molecule has 1 aliphatic rings. The first-order chi connectivity index (χ1) is 6.93. The van der Waals surface area contributed by atoms with E-state index in [1.165, 1.54) is 5.56 Å². The topological polar surface area (TPSA) is 20.2 Å². The largest absolute Gasteiger partial charge is 0.393 e. The van der Waals surface area contributed by atoms with Crippen molar-refractivity contribution in [2.24, 2.45) is 5.41 Å². The van der Waals surface area contributed by atoms with Gasteiger partial charge in [0, 0.05) is 0 Å². The third kappa shape index (κ3) is 1.77. The fourth-order valence-electron chi connectivity index (χ4n) is 2.20. The molecule has 3 heteroatoms. The van der Waals surface area contributed by atoms with E-state index in [2.05, 4.69) is 13.8 Å². The van der Waals surface area contributed by atoms with E-state index in [1.54, 1.807) is 0 Å². The molecule has 1 fully saturated rings. The molecule has 1 aliphatic carbocycles. The molecule has 0 radical (unpaired) electrons. The van der Waals surface area contributed by atoms with Gasteiger partial charge in [-0.25, -0.2) is 0 Å². The average molecular weight is 245 g/mol. The average Bonchev–Trinajstić information content (AvgIpc) is 2.19. The minimum Gasteiger partial charge on any atom is -0.393 e. The molecule has 1 nitrogen and oxygen atoms in total. The lowest BCUT2D eigenvalue weighted by atomic mass is 9.58. The summed E-state index contributed by atoms with van der Waals surface area (Å²) in [4.78, 5) is 0. The van der Waals surface area contributed by atoms with E-state index in [-0.39, 0.29) is 11.5 Å². The minimum atomic E-state index is -0.211. The normalized spacial score (nSPS) is 28.6. The van der Waals surface area contributed by atoms with Crippen LogP contribution < -0.4 is 0 Å². The zero-order valence-corrected chi connectivity index (χ0v) is 10.3. The number of benzene rings is 1. The van der Waals surface area contributed by atoms with Crippen molar-refractivity contribution in [3.8, 4) is 0 Å². The Hall–Kier alpha value is -0.240. The zero-order valence-electron chi connectivity index (χ0n) is 8.80. The number of aliphatic hydroxyl groups is 1. The molecule has 2 atom stereocenters. The molecule has 1 aromatic carbocycles. The molecule has 1 aromatic rings. The molecule has 2 rings (SSSR count). The quantitative estimate of drug-likeness (QED) is 0.796. The summed E-state index contributed by atoms with van der Waals surface area (Å²) >= 11 is 11.8. The van der Waals surface area contributed by atoms with E-state index < -0.39 is 0 Å². The van der Waals surface area contributed by atoms with Gasteiger partial charge < -0.3 is 5.11 Å². The maximum atomic E-state index is 9.67. The zero-order chi connectivity index (χ0) is 11.2. The monoisotopic (exact) mass is 244 g/mol. The van der Waals surface area contributed by atoms with Crippen molar-refractivity contribution in [2.75, 3.05) is 0 Å². The summed E-state index contributed by atoms with van der Waals surface area (Å²) in [5.74, 6) is 0.377. The van der Waals surface area contributed by atoms with Crippen LogP contribution in [0.1, 0.15) is 31.7 Å². The Morgan fingerprint density at radius 1 is 1.27 bits per heavy atom. The van der Waals surface area contributed by atoms with Gasteiger partial charge in [0.05, 0.1) is 16.1 Å². The number of hydrogen-bond donors (Lipinski definition) is 1. The van der Waals surface area contributed by atoms with Gasteiger partial charge in [-0.15, -0.1) is 0 Å². The van der Waals surface area contributed by atoms with E-state index in [9.17, 15) is 5.11 Å². The number of hydrogen-bond acceptors (Lipinski definition) is 1. The van der Waals surface area contributed by atoms with Crippen LogP contribution in [0.4, 0.5) is 0 Å². The van der Waals surface area contributed by atoms with Gasteiger partial charge in [0.2, 0.25) is 0 Å². The van der Waals surface area contributed by atoms with Gasteiger partial charge in [0.1, 0.15) is 0 Å². The molecule has 0 heterocycles. The molecular weight excluding hydrogens is 231 g/mol. The molecule has 82 valence electrons. The van der Waals surface area contributed by atoms with Crippen LogP contribution in [0.25, 0.3) is 0 Å². The molecule has 15 heavy (non-hydrogen) atoms. The predicted molar refractivity (Wildman–Crippen MR) is 63.6 cm³/mol. The minimum absolute atomic E-state index is 0.0584. The smallest absolute Gasteiger partial charge is 0.0603 e. The molecule has 0 aliphatic heterocycles. The molecule has 0 aromatic heterocycles. The summed E-state index contributed by atoms with van der Waals surface area (Å²) in [6.45, 7) is 4.16. The number of halogens is 2. The van der Waals surface area contributed by atoms with Crippen LogP contribution in [0.5, 0.6) is 0 Å². The molecule has 2 unspecified atom stereocenters. The van der Waals surface area contributed by atoms with Gasteiger partial charge in [0.25, 0.3) is 0 Å². The molecule has 0 saturated heterocycles. The Kier molecular flexibility index (Phi) is 2.74. The first kappa shape index (κ1) is 11.3. The van der Waals surface area contributed by atoms with Crippen LogP contribution in [0.2, 0.25) is 10.0 Å². The van der Waals surface area contributed by atoms with E-state index in [4.69, 9.17) is 23.2 Å². The van der Waals surface area contributed by atoms with E-state index in [0.29, 0.717) is 16.0 Å². The third-order valence-corrected chi connectivity index (χ3v) is 4.30. The van der Waals surface area contributed by atoms with Gasteiger partial charge in [0.15, 0.2) is 0 Å². The highest BCUT2D eigenvalue weighted by atomic mass is 35.5. The molecule has 0 spiro atoms. The second-order valence-corrected chi connectivity index (χ2v) is 5.61. The molecule has 1 saturated carbocycles. The maximum absolute atomic E-state index is 9.67. The molecular formula is C12H14Cl2O. The summed E-state index contributed by atoms with van der Waals surface area (Å²) in [6, 6.07) is 5.72. The summed E-state index contributed by atoms with van der Waals surface area (Å²) in [5.41, 5.74) is 1.11. The molecule has 0 bridgehead atoms. The summed E-state index contributed by atoms with van der Waals surface area (Å²) < 4.78 is 0. The first-order valence-corrected chi connectivity index (χ1v) is 5.81. The Morgan fingerprint density at radius 3 is 2.40 bits per heavy atom. The van der Waals surface area contributed by atoms with Crippen molar-refractivity contribution in [3.63, 3.8) is 0 Å². The maximum Gasteiger partial charge on any atom is 0.0603 e. The van der Waals surface area contributed by atoms with Crippen LogP contribution in [0.15, 0.2) is 18.2 Å². The van der Waals surface area contributed by atoms with Gasteiger partial charge in [-0.3, -0.25) is 0 Å². The Labute approximate surface area is 100 Å². The molecule has 1 N–H and O–H groups in total. The highest BCUT2D eigenvalue weighted by molar-refractivity contribution is 6.42. The van der Waals surface area contributed by atoms with Crippen molar-refractivity contribution in [1.29, 1.82) is 0 Å². The second kappa shape index (κ2) is 3.65. The Bertz CT molecular complexity index is 387. The van der Waals surface area contributed by atoms with Crippen molar-refractivity contribution >= 4 is 23.2 Å². The lowest BCUT2D eigenvalue weighted by Crippen LogP contribution is -2.47. The van der Waals surface area contributed by atoms with E-state index in [1.807, 2.05) is 18.2 Å². The van der Waals surface area contributed by atoms with Gasteiger partial charge in [-0.05, 0) is 35.4 Å². The standard InChI is InChI=1S/C12H14Cl2O/c1-12(2)8(6-11(12)15)7-3-4-9(13)10(14)5-7/h3-5,8,11,15H,6H2,1-2H3. The second-order valence-electron chi connectivity index (χ2n) is 4.80. The summed E-state index contributed by atoms with van der Waals surface area (Å²) in [5, 5.41) is 10.8. The van der Waals surface area contributed by atoms with Gasteiger partial charge in [-0.1, -0.05) is 43.1 Å². The fraction of sp³-hybridized carbons (Fsp3) is 0.500. The first-order valence-electron chi connectivity index (χ1n) is 5.06. The highest BCUT2D eigenvalue weighted by Crippen LogP contribution is 2.52. The summed E-state index contributed by atoms with van der Waals surface area (Å²) in [7, 11) is 0. The number of aliphatic hydroxyl groups excluding tert-OH is 1. The predicted octanol–water partition coefficient (Wildman–Crippen LogP) is 3.87. The third-order valence-electron chi connectivity index (χ3n) is 3.56. The SMILES string of the molecule is CC1(C)C(O)CC1c1ccc(Cl)c(Cl)c1. The summed E-state index contributed by atoms with van der Waals surface area (Å²) in [6.07, 6.45) is 0.599. The van der Waals surface area contributed by atoms with Crippen LogP contribution in [0, 0.1) is 5.41 Å². The van der Waals surface area contributed by atoms with Crippen LogP contribution in [-0.4, -0.2) is 11.2 Å². The van der Waals surface area contributed by atoms with Crippen molar-refractivity contribution in [2.45, 2.75) is 32.3 Å². The van der Waals surface area contributed by atoms with Crippen LogP contribution >= 0.6 is 23.2 Å². The van der Waals surface area contributed by atoms with Crippen molar-refractivity contribution in [3.05, 3.63) is 33.8 Å². The van der Waals surface area contributed by atoms with Crippen LogP contribution in [-0.2, 0) is 0 Å². The van der Waals surface area contributed by atoms with E-state index >= 15 is 0 Å². The van der Waals surface area contributed by atoms with Gasteiger partial charge in [-0.2, -0.15) is 0 Å². The highest BCUT2D eigenvalue weighted by Gasteiger charge is 2.47. The van der Waals surface area contributed by atoms with Gasteiger partial charge >= 0.3 is 0 Å². The van der Waals surface area contributed by atoms with E-state index in [0.717, 1.165) is 6.42 Å². The Morgan fingerprint density at radius 2 is 1.93 bits per heavy atom. The lowest BCUT2D eigenvalue weighted by Gasteiger charge is -2.49. The van der Waals surface area contributed by atoms with Crippen molar-refractivity contribution in [1.82, 2.24) is 0 Å². The van der Waals surface area contributed by atoms with Crippen molar-refractivity contribution < 1.29 is 5.11 Å². The number of rotatable bonds is 1. The Balaban J connectivity index is 2.29.